The Morgan fingerprint density at radius 2 is 1.48 bits per heavy atom. The number of benzene rings is 2. The van der Waals surface area contributed by atoms with E-state index in [4.69, 9.17) is 4.74 Å². The smallest absolute Gasteiger partial charge is 0.415 e. The van der Waals surface area contributed by atoms with E-state index < -0.39 is 18.1 Å². The number of carbonyl (C=O) groups is 2. The molecule has 0 bridgehead atoms. The van der Waals surface area contributed by atoms with Crippen LogP contribution in [0.5, 0.6) is 5.75 Å². The van der Waals surface area contributed by atoms with Crippen LogP contribution in [0.1, 0.15) is 56.1 Å². The van der Waals surface area contributed by atoms with Gasteiger partial charge in [0.05, 0.1) is 0 Å². The number of rotatable bonds is 12. The molecule has 2 aromatic rings. The maximum Gasteiger partial charge on any atom is 0.415 e. The molecule has 1 aliphatic rings. The lowest BCUT2D eigenvalue weighted by molar-refractivity contribution is -0.135. The van der Waals surface area contributed by atoms with Crippen molar-refractivity contribution in [1.82, 2.24) is 5.32 Å². The zero-order valence-corrected chi connectivity index (χ0v) is 16.8. The molecular weight excluding hydrogens is 366 g/mol. The van der Waals surface area contributed by atoms with Crippen LogP contribution >= 0.6 is 0 Å². The number of amides is 1. The molecule has 2 aromatic carbocycles. The molecule has 1 saturated heterocycles. The molecule has 154 valence electrons. The predicted molar refractivity (Wildman–Crippen MR) is 112 cm³/mol. The van der Waals surface area contributed by atoms with Crippen molar-refractivity contribution in [2.45, 2.75) is 64.0 Å². The average Bonchev–Trinajstić information content (AvgIpc) is 3.07. The molecule has 1 amide bonds. The molecule has 0 aliphatic carbocycles. The number of ether oxygens (including phenoxy) is 2. The maximum atomic E-state index is 11.3. The van der Waals surface area contributed by atoms with Gasteiger partial charge in [0, 0.05) is 0 Å². The molecule has 3 rings (SSSR count). The monoisotopic (exact) mass is 395 g/mol. The second kappa shape index (κ2) is 11.2. The Morgan fingerprint density at radius 1 is 0.793 bits per heavy atom. The largest absolute Gasteiger partial charge is 0.489 e. The van der Waals surface area contributed by atoms with Crippen LogP contribution in [0, 0.1) is 0 Å². The van der Waals surface area contributed by atoms with E-state index in [1.54, 1.807) is 0 Å². The van der Waals surface area contributed by atoms with Gasteiger partial charge in [-0.15, -0.1) is 0 Å². The summed E-state index contributed by atoms with van der Waals surface area (Å²) >= 11 is 0. The van der Waals surface area contributed by atoms with Gasteiger partial charge in [0.1, 0.15) is 18.4 Å². The third-order valence-electron chi connectivity index (χ3n) is 5.15. The average molecular weight is 395 g/mol. The van der Waals surface area contributed by atoms with Crippen LogP contribution in [0.2, 0.25) is 0 Å². The molecule has 1 N–H and O–H groups in total. The third kappa shape index (κ3) is 7.26. The number of aryl methyl sites for hydroxylation is 1. The first-order chi connectivity index (χ1) is 14.2. The summed E-state index contributed by atoms with van der Waals surface area (Å²) in [6, 6.07) is 18.1. The summed E-state index contributed by atoms with van der Waals surface area (Å²) in [6.07, 6.45) is 7.88. The lowest BCUT2D eigenvalue weighted by Crippen LogP contribution is -2.28. The van der Waals surface area contributed by atoms with Gasteiger partial charge in [0.25, 0.3) is 0 Å². The van der Waals surface area contributed by atoms with Crippen LogP contribution in [0.4, 0.5) is 4.79 Å². The van der Waals surface area contributed by atoms with Crippen LogP contribution in [-0.2, 0) is 22.6 Å². The van der Waals surface area contributed by atoms with Crippen molar-refractivity contribution in [2.75, 3.05) is 0 Å². The molecule has 5 nitrogen and oxygen atoms in total. The Hall–Kier alpha value is -2.82. The molecule has 1 aliphatic heterocycles. The molecule has 1 fully saturated rings. The van der Waals surface area contributed by atoms with E-state index in [1.807, 2.05) is 30.3 Å². The van der Waals surface area contributed by atoms with Gasteiger partial charge in [0.15, 0.2) is 0 Å². The lowest BCUT2D eigenvalue weighted by atomic mass is 10.0. The number of nitrogens with one attached hydrogen (secondary N) is 1. The van der Waals surface area contributed by atoms with Crippen molar-refractivity contribution in [3.05, 3.63) is 65.7 Å². The topological polar surface area (TPSA) is 64.6 Å². The SMILES string of the molecule is O=C1NC(CCCCCCCCc2ccc(OCc3ccccc3)cc2)C(=O)O1. The number of hydrogen-bond acceptors (Lipinski definition) is 4. The molecule has 29 heavy (non-hydrogen) atoms. The van der Waals surface area contributed by atoms with E-state index in [0.29, 0.717) is 13.0 Å². The Morgan fingerprint density at radius 3 is 2.17 bits per heavy atom. The maximum absolute atomic E-state index is 11.3. The van der Waals surface area contributed by atoms with Gasteiger partial charge < -0.3 is 14.8 Å². The Balaban J connectivity index is 1.22. The number of hydrogen-bond donors (Lipinski definition) is 1. The zero-order chi connectivity index (χ0) is 20.3. The second-order valence-corrected chi connectivity index (χ2v) is 7.48. The summed E-state index contributed by atoms with van der Waals surface area (Å²) in [4.78, 5) is 22.3. The fourth-order valence-corrected chi connectivity index (χ4v) is 3.46. The fraction of sp³-hybridized carbons (Fsp3) is 0.417. The Kier molecular flexibility index (Phi) is 8.11. The van der Waals surface area contributed by atoms with Crippen molar-refractivity contribution < 1.29 is 19.1 Å². The highest BCUT2D eigenvalue weighted by Gasteiger charge is 2.31. The number of carbonyl (C=O) groups excluding carboxylic acids is 2. The number of unbranched alkanes of at least 4 members (excludes halogenated alkanes) is 5. The first kappa shape index (κ1) is 20.9. The molecule has 0 aromatic heterocycles. The standard InChI is InChI=1S/C24H29NO4/c26-23-22(25-24(27)29-23)13-9-4-2-1-3-6-10-19-14-16-21(17-15-19)28-18-20-11-7-5-8-12-20/h5,7-8,11-12,14-17,22H,1-4,6,9-10,13,18H2,(H,25,27). The van der Waals surface area contributed by atoms with Crippen LogP contribution in [0.3, 0.4) is 0 Å². The fourth-order valence-electron chi connectivity index (χ4n) is 3.46. The van der Waals surface area contributed by atoms with E-state index in [2.05, 4.69) is 34.3 Å². The first-order valence-corrected chi connectivity index (χ1v) is 10.5. The van der Waals surface area contributed by atoms with E-state index in [9.17, 15) is 9.59 Å². The molecule has 1 atom stereocenters. The predicted octanol–water partition coefficient (Wildman–Crippen LogP) is 5.17. The normalized spacial score (nSPS) is 15.8. The number of cyclic esters (lactones) is 2. The molecule has 0 radical (unpaired) electrons. The van der Waals surface area contributed by atoms with Crippen molar-refractivity contribution in [2.24, 2.45) is 0 Å². The van der Waals surface area contributed by atoms with Gasteiger partial charge in [-0.1, -0.05) is 74.6 Å². The van der Waals surface area contributed by atoms with Gasteiger partial charge in [0.2, 0.25) is 0 Å². The minimum absolute atomic E-state index is 0.438. The van der Waals surface area contributed by atoms with E-state index in [0.717, 1.165) is 31.4 Å². The number of esters is 1. The summed E-state index contributed by atoms with van der Waals surface area (Å²) in [5.41, 5.74) is 2.51. The van der Waals surface area contributed by atoms with Crippen molar-refractivity contribution >= 4 is 12.1 Å². The van der Waals surface area contributed by atoms with Gasteiger partial charge in [-0.05, 0) is 42.5 Å². The second-order valence-electron chi connectivity index (χ2n) is 7.48. The van der Waals surface area contributed by atoms with Gasteiger partial charge >= 0.3 is 12.1 Å². The highest BCUT2D eigenvalue weighted by atomic mass is 16.6. The highest BCUT2D eigenvalue weighted by Crippen LogP contribution is 2.17. The van der Waals surface area contributed by atoms with E-state index >= 15 is 0 Å². The molecule has 5 heteroatoms. The summed E-state index contributed by atoms with van der Waals surface area (Å²) in [5.74, 6) is 0.464. The van der Waals surface area contributed by atoms with Crippen LogP contribution in [-0.4, -0.2) is 18.1 Å². The summed E-state index contributed by atoms with van der Waals surface area (Å²) in [7, 11) is 0. The van der Waals surface area contributed by atoms with Crippen LogP contribution in [0.25, 0.3) is 0 Å². The van der Waals surface area contributed by atoms with Gasteiger partial charge in [-0.25, -0.2) is 9.59 Å². The minimum atomic E-state index is -0.615. The van der Waals surface area contributed by atoms with E-state index in [-0.39, 0.29) is 0 Å². The minimum Gasteiger partial charge on any atom is -0.489 e. The lowest BCUT2D eigenvalue weighted by Gasteiger charge is -2.08. The molecule has 1 heterocycles. The first-order valence-electron chi connectivity index (χ1n) is 10.5. The van der Waals surface area contributed by atoms with Crippen molar-refractivity contribution in [3.63, 3.8) is 0 Å². The third-order valence-corrected chi connectivity index (χ3v) is 5.15. The van der Waals surface area contributed by atoms with Gasteiger partial charge in [-0.2, -0.15) is 0 Å². The van der Waals surface area contributed by atoms with Crippen LogP contribution < -0.4 is 10.1 Å². The zero-order valence-electron chi connectivity index (χ0n) is 16.8. The summed E-state index contributed by atoms with van der Waals surface area (Å²) in [5, 5.41) is 2.53. The van der Waals surface area contributed by atoms with Crippen molar-refractivity contribution in [3.8, 4) is 5.75 Å². The quantitative estimate of drug-likeness (QED) is 0.306. The van der Waals surface area contributed by atoms with Gasteiger partial charge in [-0.3, -0.25) is 0 Å². The molecule has 0 saturated carbocycles. The molecular formula is C24H29NO4. The number of alkyl carbamates (subject to hydrolysis) is 1. The van der Waals surface area contributed by atoms with Crippen LogP contribution in [0.15, 0.2) is 54.6 Å². The summed E-state index contributed by atoms with van der Waals surface area (Å²) < 4.78 is 10.3. The molecule has 0 spiro atoms. The van der Waals surface area contributed by atoms with E-state index in [1.165, 1.54) is 30.4 Å². The highest BCUT2D eigenvalue weighted by molar-refractivity contribution is 5.95. The van der Waals surface area contributed by atoms with Crippen molar-refractivity contribution in [1.29, 1.82) is 0 Å². The Labute approximate surface area is 172 Å². The summed E-state index contributed by atoms with van der Waals surface area (Å²) in [6.45, 7) is 0.592. The Bertz CT molecular complexity index is 773. The molecule has 1 unspecified atom stereocenters.